The fraction of sp³-hybridized carbons (Fsp3) is 0.188. The first-order valence-corrected chi connectivity index (χ1v) is 8.22. The predicted octanol–water partition coefficient (Wildman–Crippen LogP) is 0.936. The zero-order valence-corrected chi connectivity index (χ0v) is 15.0. The van der Waals surface area contributed by atoms with E-state index in [1.54, 1.807) is 18.2 Å². The van der Waals surface area contributed by atoms with E-state index >= 15 is 0 Å². The van der Waals surface area contributed by atoms with Gasteiger partial charge in [0.05, 0.1) is 12.1 Å². The van der Waals surface area contributed by atoms with Crippen LogP contribution in [0.1, 0.15) is 5.69 Å². The number of amides is 1. The Bertz CT molecular complexity index is 1330. The molecule has 138 valence electrons. The molecule has 0 unspecified atom stereocenters. The summed E-state index contributed by atoms with van der Waals surface area (Å²) in [5.41, 5.74) is 0.439. The summed E-state index contributed by atoms with van der Waals surface area (Å²) in [6.07, 6.45) is -0.201. The number of nitrogens with one attached hydrogen (secondary N) is 2. The predicted molar refractivity (Wildman–Crippen MR) is 97.9 cm³/mol. The van der Waals surface area contributed by atoms with Crippen LogP contribution in [0.3, 0.4) is 0 Å². The summed E-state index contributed by atoms with van der Waals surface area (Å²) in [6, 6.07) is 4.93. The van der Waals surface area contributed by atoms with Gasteiger partial charge in [-0.3, -0.25) is 29.1 Å². The largest absolute Gasteiger partial charge is 0.423 e. The maximum absolute atomic E-state index is 12.4. The summed E-state index contributed by atoms with van der Waals surface area (Å²) in [7, 11) is 2.88. The third kappa shape index (κ3) is 2.79. The Labute approximate surface area is 155 Å². The molecule has 0 saturated heterocycles. The van der Waals surface area contributed by atoms with E-state index in [-0.39, 0.29) is 29.2 Å². The number of H-pyrrole nitrogens is 1. The van der Waals surface area contributed by atoms with E-state index in [9.17, 15) is 14.4 Å². The molecule has 0 atom stereocenters. The second-order valence-electron chi connectivity index (χ2n) is 5.96. The van der Waals surface area contributed by atoms with Gasteiger partial charge in [0.1, 0.15) is 16.6 Å². The topological polar surface area (TPSA) is 128 Å². The Morgan fingerprint density at radius 2 is 2.07 bits per heavy atom. The molecule has 0 aliphatic rings. The van der Waals surface area contributed by atoms with Crippen LogP contribution in [0, 0.1) is 0 Å². The van der Waals surface area contributed by atoms with Crippen LogP contribution < -0.4 is 16.6 Å². The highest BCUT2D eigenvalue weighted by Gasteiger charge is 2.19. The number of nitrogens with zero attached hydrogens (tertiary/aromatic N) is 4. The van der Waals surface area contributed by atoms with Crippen molar-refractivity contribution in [3.63, 3.8) is 0 Å². The van der Waals surface area contributed by atoms with Crippen molar-refractivity contribution in [2.75, 3.05) is 5.32 Å². The van der Waals surface area contributed by atoms with Gasteiger partial charge in [0.15, 0.2) is 5.58 Å². The van der Waals surface area contributed by atoms with Gasteiger partial charge in [0, 0.05) is 25.2 Å². The molecule has 0 spiro atoms. The van der Waals surface area contributed by atoms with Gasteiger partial charge in [-0.05, 0) is 12.1 Å². The molecule has 3 heterocycles. The number of rotatable bonds is 3. The molecule has 4 rings (SSSR count). The van der Waals surface area contributed by atoms with Crippen molar-refractivity contribution in [2.24, 2.45) is 14.1 Å². The molecule has 3 aromatic heterocycles. The summed E-state index contributed by atoms with van der Waals surface area (Å²) < 4.78 is 7.66. The van der Waals surface area contributed by atoms with E-state index in [4.69, 9.17) is 16.0 Å². The van der Waals surface area contributed by atoms with Gasteiger partial charge in [-0.25, -0.2) is 4.79 Å². The minimum Gasteiger partial charge on any atom is -0.423 e. The van der Waals surface area contributed by atoms with Crippen LogP contribution in [-0.2, 0) is 25.3 Å². The molecule has 1 amide bonds. The Balaban J connectivity index is 1.64. The highest BCUT2D eigenvalue weighted by atomic mass is 35.5. The maximum Gasteiger partial charge on any atom is 0.332 e. The molecule has 1 aromatic carbocycles. The average Bonchev–Trinajstić information content (AvgIpc) is 3.21. The molecule has 0 aliphatic carbocycles. The van der Waals surface area contributed by atoms with Crippen LogP contribution in [0.5, 0.6) is 0 Å². The lowest BCUT2D eigenvalue weighted by atomic mass is 10.2. The highest BCUT2D eigenvalue weighted by molar-refractivity contribution is 6.31. The lowest BCUT2D eigenvalue weighted by Gasteiger charge is -2.03. The summed E-state index contributed by atoms with van der Waals surface area (Å²) >= 11 is 5.89. The van der Waals surface area contributed by atoms with Gasteiger partial charge in [-0.2, -0.15) is 10.1 Å². The number of fused-ring (bicyclic) bond motifs is 2. The quantitative estimate of drug-likeness (QED) is 0.537. The molecule has 10 nitrogen and oxygen atoms in total. The number of aryl methyl sites for hydroxylation is 1. The molecular weight excluding hydrogens is 376 g/mol. The van der Waals surface area contributed by atoms with Crippen molar-refractivity contribution in [2.45, 2.75) is 6.42 Å². The average molecular weight is 389 g/mol. The van der Waals surface area contributed by atoms with Crippen molar-refractivity contribution in [1.82, 2.24) is 24.3 Å². The third-order valence-corrected chi connectivity index (χ3v) is 4.41. The lowest BCUT2D eigenvalue weighted by Crippen LogP contribution is -2.37. The fourth-order valence-corrected chi connectivity index (χ4v) is 2.97. The van der Waals surface area contributed by atoms with E-state index in [0.717, 1.165) is 4.57 Å². The van der Waals surface area contributed by atoms with E-state index in [0.29, 0.717) is 16.1 Å². The number of anilines is 1. The zero-order valence-electron chi connectivity index (χ0n) is 14.2. The third-order valence-electron chi connectivity index (χ3n) is 4.17. The van der Waals surface area contributed by atoms with Crippen LogP contribution in [0.4, 0.5) is 6.01 Å². The second kappa shape index (κ2) is 6.09. The van der Waals surface area contributed by atoms with Crippen LogP contribution in [0.25, 0.3) is 22.1 Å². The van der Waals surface area contributed by atoms with Crippen molar-refractivity contribution in [3.05, 3.63) is 49.8 Å². The van der Waals surface area contributed by atoms with Crippen molar-refractivity contribution >= 4 is 45.7 Å². The van der Waals surface area contributed by atoms with Gasteiger partial charge < -0.3 is 4.42 Å². The fourth-order valence-electron chi connectivity index (χ4n) is 2.81. The Morgan fingerprint density at radius 1 is 1.30 bits per heavy atom. The minimum absolute atomic E-state index is 0.0115. The highest BCUT2D eigenvalue weighted by Crippen LogP contribution is 2.22. The van der Waals surface area contributed by atoms with Gasteiger partial charge >= 0.3 is 11.7 Å². The van der Waals surface area contributed by atoms with E-state index in [1.807, 2.05) is 0 Å². The summed E-state index contributed by atoms with van der Waals surface area (Å²) in [6.45, 7) is 0. The Kier molecular flexibility index (Phi) is 3.84. The second-order valence-corrected chi connectivity index (χ2v) is 6.39. The first-order valence-electron chi connectivity index (χ1n) is 7.84. The van der Waals surface area contributed by atoms with Gasteiger partial charge in [0.2, 0.25) is 5.91 Å². The van der Waals surface area contributed by atoms with E-state index in [2.05, 4.69) is 20.5 Å². The molecule has 11 heteroatoms. The Hall–Kier alpha value is -3.40. The summed E-state index contributed by atoms with van der Waals surface area (Å²) in [5, 5.41) is 9.83. The lowest BCUT2D eigenvalue weighted by molar-refractivity contribution is -0.115. The first-order chi connectivity index (χ1) is 12.8. The van der Waals surface area contributed by atoms with Crippen LogP contribution in [0.15, 0.2) is 32.2 Å². The monoisotopic (exact) mass is 388 g/mol. The molecule has 0 aliphatic heterocycles. The molecule has 0 bridgehead atoms. The molecule has 0 fully saturated rings. The number of hydrogen-bond acceptors (Lipinski definition) is 6. The number of aromatic nitrogens is 5. The number of aromatic amines is 1. The van der Waals surface area contributed by atoms with Gasteiger partial charge in [-0.1, -0.05) is 11.6 Å². The number of carbonyl (C=O) groups is 1. The SMILES string of the molecule is Cn1c(=O)c2c(CC(=O)Nc3nc4ccc(Cl)cc4o3)n[nH]c2n(C)c1=O. The molecule has 2 N–H and O–H groups in total. The summed E-state index contributed by atoms with van der Waals surface area (Å²) in [4.78, 5) is 40.8. The maximum atomic E-state index is 12.4. The normalized spacial score (nSPS) is 11.4. The number of halogens is 1. The van der Waals surface area contributed by atoms with Gasteiger partial charge in [-0.15, -0.1) is 0 Å². The summed E-state index contributed by atoms with van der Waals surface area (Å²) in [5.74, 6) is -0.475. The van der Waals surface area contributed by atoms with Crippen molar-refractivity contribution in [1.29, 1.82) is 0 Å². The first kappa shape index (κ1) is 17.0. The van der Waals surface area contributed by atoms with Crippen molar-refractivity contribution < 1.29 is 9.21 Å². The van der Waals surface area contributed by atoms with E-state index < -0.39 is 17.2 Å². The molecule has 0 radical (unpaired) electrons. The molecule has 27 heavy (non-hydrogen) atoms. The van der Waals surface area contributed by atoms with Crippen molar-refractivity contribution in [3.8, 4) is 0 Å². The van der Waals surface area contributed by atoms with Gasteiger partial charge in [0.25, 0.3) is 5.56 Å². The number of carbonyl (C=O) groups excluding carboxylic acids is 1. The standard InChI is InChI=1S/C16H13ClN6O4/c1-22-13-12(14(25)23(2)16(22)26)9(20-21-13)6-11(24)19-15-18-8-4-3-7(17)5-10(8)27-15/h3-5H,6H2,1-2H3,(H,20,21)(H,18,19,24). The molecular formula is C16H13ClN6O4. The number of benzene rings is 1. The minimum atomic E-state index is -0.527. The van der Waals surface area contributed by atoms with Crippen LogP contribution >= 0.6 is 11.6 Å². The zero-order chi connectivity index (χ0) is 19.3. The number of oxazole rings is 1. The Morgan fingerprint density at radius 3 is 2.85 bits per heavy atom. The smallest absolute Gasteiger partial charge is 0.332 e. The van der Waals surface area contributed by atoms with E-state index in [1.165, 1.54) is 18.7 Å². The van der Waals surface area contributed by atoms with Crippen LogP contribution in [0.2, 0.25) is 5.02 Å². The molecule has 0 saturated carbocycles. The number of hydrogen-bond donors (Lipinski definition) is 2. The molecule has 4 aromatic rings. The van der Waals surface area contributed by atoms with Crippen LogP contribution in [-0.4, -0.2) is 30.2 Å².